The highest BCUT2D eigenvalue weighted by Crippen LogP contribution is 2.22. The van der Waals surface area contributed by atoms with E-state index in [2.05, 4.69) is 0 Å². The van der Waals surface area contributed by atoms with Gasteiger partial charge in [-0.2, -0.15) is 0 Å². The third-order valence-electron chi connectivity index (χ3n) is 2.39. The van der Waals surface area contributed by atoms with E-state index in [9.17, 15) is 4.39 Å². The van der Waals surface area contributed by atoms with Crippen molar-refractivity contribution in [3.63, 3.8) is 0 Å². The second kappa shape index (κ2) is 5.47. The zero-order valence-corrected chi connectivity index (χ0v) is 9.94. The Bertz CT molecular complexity index is 313. The summed E-state index contributed by atoms with van der Waals surface area (Å²) in [6.07, 6.45) is 2.80. The molecular weight excluding hydrogens is 213 g/mol. The van der Waals surface area contributed by atoms with E-state index in [-0.39, 0.29) is 16.9 Å². The van der Waals surface area contributed by atoms with E-state index in [1.54, 1.807) is 0 Å². The molecule has 1 atom stereocenters. The zero-order chi connectivity index (χ0) is 11.4. The average molecular weight is 230 g/mol. The third-order valence-corrected chi connectivity index (χ3v) is 2.87. The van der Waals surface area contributed by atoms with Crippen molar-refractivity contribution in [3.8, 4) is 0 Å². The Kier molecular flexibility index (Phi) is 4.55. The van der Waals surface area contributed by atoms with Crippen molar-refractivity contribution >= 4 is 11.6 Å². The van der Waals surface area contributed by atoms with Gasteiger partial charge >= 0.3 is 0 Å². The molecule has 0 spiro atoms. The summed E-state index contributed by atoms with van der Waals surface area (Å²) < 4.78 is 13.3. The maximum atomic E-state index is 13.3. The molecule has 1 aromatic rings. The van der Waals surface area contributed by atoms with E-state index in [4.69, 9.17) is 17.3 Å². The van der Waals surface area contributed by atoms with Crippen LogP contribution in [0.15, 0.2) is 12.1 Å². The van der Waals surface area contributed by atoms with Gasteiger partial charge in [0.15, 0.2) is 0 Å². The molecule has 0 aliphatic heterocycles. The van der Waals surface area contributed by atoms with Gasteiger partial charge in [0.25, 0.3) is 0 Å². The lowest BCUT2D eigenvalue weighted by Crippen LogP contribution is -2.14. The van der Waals surface area contributed by atoms with Gasteiger partial charge in [-0.15, -0.1) is 0 Å². The first-order chi connectivity index (χ1) is 7.00. The lowest BCUT2D eigenvalue weighted by molar-refractivity contribution is 0.611. The molecule has 84 valence electrons. The lowest BCUT2D eigenvalue weighted by atomic mass is 10.0. The van der Waals surface area contributed by atoms with Crippen LogP contribution in [0, 0.1) is 12.7 Å². The Labute approximate surface area is 95.4 Å². The van der Waals surface area contributed by atoms with Crippen molar-refractivity contribution in [3.05, 3.63) is 34.1 Å². The largest absolute Gasteiger partial charge is 0.328 e. The number of aryl methyl sites for hydroxylation is 2. The molecule has 0 aromatic heterocycles. The highest BCUT2D eigenvalue weighted by Gasteiger charge is 2.05. The zero-order valence-electron chi connectivity index (χ0n) is 9.19. The number of rotatable bonds is 4. The molecule has 0 amide bonds. The molecule has 0 bridgehead atoms. The van der Waals surface area contributed by atoms with Gasteiger partial charge in [-0.25, -0.2) is 4.39 Å². The fourth-order valence-corrected chi connectivity index (χ4v) is 1.68. The van der Waals surface area contributed by atoms with E-state index >= 15 is 0 Å². The summed E-state index contributed by atoms with van der Waals surface area (Å²) in [6.45, 7) is 3.80. The normalized spacial score (nSPS) is 12.9. The van der Waals surface area contributed by atoms with Gasteiger partial charge in [0.2, 0.25) is 0 Å². The van der Waals surface area contributed by atoms with Crippen LogP contribution in [0.25, 0.3) is 0 Å². The second-order valence-electron chi connectivity index (χ2n) is 4.08. The summed E-state index contributed by atoms with van der Waals surface area (Å²) in [7, 11) is 0. The van der Waals surface area contributed by atoms with Crippen LogP contribution in [0.5, 0.6) is 0 Å². The lowest BCUT2D eigenvalue weighted by Gasteiger charge is -2.07. The van der Waals surface area contributed by atoms with Gasteiger partial charge in [0, 0.05) is 6.04 Å². The first kappa shape index (κ1) is 12.5. The van der Waals surface area contributed by atoms with Gasteiger partial charge in [-0.3, -0.25) is 0 Å². The van der Waals surface area contributed by atoms with Crippen LogP contribution in [0.1, 0.15) is 30.9 Å². The summed E-state index contributed by atoms with van der Waals surface area (Å²) in [5.41, 5.74) is 7.44. The van der Waals surface area contributed by atoms with E-state index < -0.39 is 0 Å². The van der Waals surface area contributed by atoms with Crippen molar-refractivity contribution < 1.29 is 4.39 Å². The number of hydrogen-bond acceptors (Lipinski definition) is 1. The quantitative estimate of drug-likeness (QED) is 0.841. The fourth-order valence-electron chi connectivity index (χ4n) is 1.57. The summed E-state index contributed by atoms with van der Waals surface area (Å²) in [4.78, 5) is 0. The molecule has 1 unspecified atom stereocenters. The Morgan fingerprint density at radius 3 is 2.67 bits per heavy atom. The van der Waals surface area contributed by atoms with Gasteiger partial charge in [0.1, 0.15) is 5.82 Å². The molecule has 0 saturated carbocycles. The van der Waals surface area contributed by atoms with E-state index in [0.717, 1.165) is 30.4 Å². The van der Waals surface area contributed by atoms with Crippen LogP contribution in [-0.2, 0) is 6.42 Å². The molecule has 1 rings (SSSR count). The van der Waals surface area contributed by atoms with Gasteiger partial charge in [-0.1, -0.05) is 17.7 Å². The Morgan fingerprint density at radius 2 is 2.13 bits per heavy atom. The molecule has 0 radical (unpaired) electrons. The molecule has 0 aliphatic carbocycles. The van der Waals surface area contributed by atoms with Crippen LogP contribution in [0.3, 0.4) is 0 Å². The van der Waals surface area contributed by atoms with Crippen LogP contribution >= 0.6 is 11.6 Å². The number of hydrogen-bond donors (Lipinski definition) is 1. The Morgan fingerprint density at radius 1 is 1.47 bits per heavy atom. The number of nitrogens with two attached hydrogens (primary N) is 1. The monoisotopic (exact) mass is 229 g/mol. The standard InChI is InChI=1S/C12H17ClFN/c1-8-6-10(5-3-4-9(2)15)7-11(14)12(8)13/h6-7,9H,3-5,15H2,1-2H3. The van der Waals surface area contributed by atoms with Crippen molar-refractivity contribution in [1.82, 2.24) is 0 Å². The van der Waals surface area contributed by atoms with Crippen molar-refractivity contribution in [2.45, 2.75) is 39.2 Å². The van der Waals surface area contributed by atoms with Crippen molar-refractivity contribution in [2.24, 2.45) is 5.73 Å². The first-order valence-electron chi connectivity index (χ1n) is 5.21. The molecule has 1 aromatic carbocycles. The van der Waals surface area contributed by atoms with E-state index in [1.807, 2.05) is 19.9 Å². The minimum Gasteiger partial charge on any atom is -0.328 e. The predicted octanol–water partition coefficient (Wildman–Crippen LogP) is 3.46. The Hall–Kier alpha value is -0.600. The van der Waals surface area contributed by atoms with Gasteiger partial charge in [-0.05, 0) is 50.3 Å². The smallest absolute Gasteiger partial charge is 0.142 e. The molecule has 0 saturated heterocycles. The van der Waals surface area contributed by atoms with E-state index in [0.29, 0.717) is 0 Å². The van der Waals surface area contributed by atoms with Crippen LogP contribution in [0.4, 0.5) is 4.39 Å². The molecule has 15 heavy (non-hydrogen) atoms. The third kappa shape index (κ3) is 3.80. The molecule has 0 heterocycles. The number of benzene rings is 1. The first-order valence-corrected chi connectivity index (χ1v) is 5.58. The summed E-state index contributed by atoms with van der Waals surface area (Å²) >= 11 is 5.74. The summed E-state index contributed by atoms with van der Waals surface area (Å²) in [6, 6.07) is 3.66. The van der Waals surface area contributed by atoms with Crippen LogP contribution < -0.4 is 5.73 Å². The maximum absolute atomic E-state index is 13.3. The molecule has 2 N–H and O–H groups in total. The summed E-state index contributed by atoms with van der Waals surface area (Å²) in [5, 5.41) is 0.228. The Balaban J connectivity index is 2.63. The van der Waals surface area contributed by atoms with Gasteiger partial charge in [0.05, 0.1) is 5.02 Å². The molecule has 0 aliphatic rings. The maximum Gasteiger partial charge on any atom is 0.142 e. The minimum atomic E-state index is -0.326. The predicted molar refractivity (Wildman–Crippen MR) is 62.7 cm³/mol. The molecule has 1 nitrogen and oxygen atoms in total. The second-order valence-corrected chi connectivity index (χ2v) is 4.46. The summed E-state index contributed by atoms with van der Waals surface area (Å²) in [5.74, 6) is -0.326. The average Bonchev–Trinajstić information content (AvgIpc) is 2.13. The van der Waals surface area contributed by atoms with Gasteiger partial charge < -0.3 is 5.73 Å². The number of halogens is 2. The molecule has 3 heteroatoms. The van der Waals surface area contributed by atoms with Crippen LogP contribution in [-0.4, -0.2) is 6.04 Å². The molecular formula is C12H17ClFN. The highest BCUT2D eigenvalue weighted by molar-refractivity contribution is 6.31. The highest BCUT2D eigenvalue weighted by atomic mass is 35.5. The SMILES string of the molecule is Cc1cc(CCCC(C)N)cc(F)c1Cl. The van der Waals surface area contributed by atoms with Crippen LogP contribution in [0.2, 0.25) is 5.02 Å². The molecule has 0 fully saturated rings. The minimum absolute atomic E-state index is 0.211. The van der Waals surface area contributed by atoms with Crippen molar-refractivity contribution in [1.29, 1.82) is 0 Å². The fraction of sp³-hybridized carbons (Fsp3) is 0.500. The topological polar surface area (TPSA) is 26.0 Å². The van der Waals surface area contributed by atoms with Crippen molar-refractivity contribution in [2.75, 3.05) is 0 Å². The van der Waals surface area contributed by atoms with E-state index in [1.165, 1.54) is 6.07 Å².